The minimum absolute atomic E-state index is 0.362. The van der Waals surface area contributed by atoms with E-state index in [-0.39, 0.29) is 5.82 Å². The predicted octanol–water partition coefficient (Wildman–Crippen LogP) is 3.22. The maximum atomic E-state index is 12.9. The Hall–Kier alpha value is -1.52. The minimum Gasteiger partial charge on any atom is -0.389 e. The van der Waals surface area contributed by atoms with E-state index in [0.717, 1.165) is 11.3 Å². The van der Waals surface area contributed by atoms with E-state index in [9.17, 15) is 9.50 Å². The lowest BCUT2D eigenvalue weighted by molar-refractivity contribution is 0.197. The van der Waals surface area contributed by atoms with Gasteiger partial charge in [0.05, 0.1) is 6.10 Å². The zero-order valence-electron chi connectivity index (χ0n) is 10.7. The second kappa shape index (κ2) is 5.63. The minimum atomic E-state index is -0.594. The summed E-state index contributed by atoms with van der Waals surface area (Å²) >= 11 is 5.97. The van der Waals surface area contributed by atoms with E-state index in [1.54, 1.807) is 19.2 Å². The first-order valence-corrected chi connectivity index (χ1v) is 6.29. The molecule has 0 saturated heterocycles. The van der Waals surface area contributed by atoms with Crippen LogP contribution >= 0.6 is 11.6 Å². The third-order valence-electron chi connectivity index (χ3n) is 2.88. The average Bonchev–Trinajstić information content (AvgIpc) is 2.32. The van der Waals surface area contributed by atoms with Gasteiger partial charge in [-0.1, -0.05) is 17.7 Å². The molecule has 2 aromatic rings. The van der Waals surface area contributed by atoms with Crippen molar-refractivity contribution in [2.24, 2.45) is 0 Å². The molecule has 1 heterocycles. The number of aryl methyl sites for hydroxylation is 1. The molecule has 3 nitrogen and oxygen atoms in total. The molecule has 0 bridgehead atoms. The van der Waals surface area contributed by atoms with Crippen LogP contribution < -0.4 is 0 Å². The molecule has 1 aromatic carbocycles. The van der Waals surface area contributed by atoms with Gasteiger partial charge in [-0.25, -0.2) is 14.4 Å². The predicted molar refractivity (Wildman–Crippen MR) is 71.6 cm³/mol. The molecule has 100 valence electrons. The van der Waals surface area contributed by atoms with Gasteiger partial charge in [0.2, 0.25) is 0 Å². The van der Waals surface area contributed by atoms with E-state index in [1.807, 2.05) is 6.92 Å². The molecule has 1 unspecified atom stereocenters. The molecule has 1 aromatic heterocycles. The Bertz CT molecular complexity index is 602. The van der Waals surface area contributed by atoms with Gasteiger partial charge in [0.25, 0.3) is 0 Å². The van der Waals surface area contributed by atoms with Crippen molar-refractivity contribution in [3.63, 3.8) is 0 Å². The van der Waals surface area contributed by atoms with Crippen LogP contribution in [0.25, 0.3) is 0 Å². The van der Waals surface area contributed by atoms with Gasteiger partial charge in [-0.05, 0) is 31.5 Å². The highest BCUT2D eigenvalue weighted by molar-refractivity contribution is 6.31. The normalized spacial score (nSPS) is 12.5. The lowest BCUT2D eigenvalue weighted by Crippen LogP contribution is -2.04. The van der Waals surface area contributed by atoms with Crippen LogP contribution in [0.2, 0.25) is 5.02 Å². The molecule has 0 aliphatic heterocycles. The van der Waals surface area contributed by atoms with Gasteiger partial charge in [-0.15, -0.1) is 0 Å². The summed E-state index contributed by atoms with van der Waals surface area (Å²) in [5.74, 6) is 0.228. The lowest BCUT2D eigenvalue weighted by atomic mass is 10.1. The number of nitrogens with zero attached hydrogens (tertiary/aromatic N) is 2. The summed E-state index contributed by atoms with van der Waals surface area (Å²) < 4.78 is 12.9. The van der Waals surface area contributed by atoms with Gasteiger partial charge in [-0.3, -0.25) is 0 Å². The van der Waals surface area contributed by atoms with Crippen molar-refractivity contribution in [3.8, 4) is 0 Å². The second-order valence-corrected chi connectivity index (χ2v) is 4.82. The first kappa shape index (κ1) is 13.9. The molecule has 0 spiro atoms. The van der Waals surface area contributed by atoms with Crippen LogP contribution in [0.5, 0.6) is 0 Å². The third-order valence-corrected chi connectivity index (χ3v) is 3.23. The number of aliphatic hydroxyl groups is 1. The molecule has 1 N–H and O–H groups in total. The lowest BCUT2D eigenvalue weighted by Gasteiger charge is -2.09. The van der Waals surface area contributed by atoms with Gasteiger partial charge >= 0.3 is 0 Å². The molecule has 0 saturated carbocycles. The van der Waals surface area contributed by atoms with Gasteiger partial charge in [0, 0.05) is 28.9 Å². The van der Waals surface area contributed by atoms with Gasteiger partial charge < -0.3 is 5.11 Å². The van der Waals surface area contributed by atoms with Crippen molar-refractivity contribution in [2.45, 2.75) is 26.4 Å². The van der Waals surface area contributed by atoms with E-state index in [1.165, 1.54) is 12.1 Å². The van der Waals surface area contributed by atoms with E-state index >= 15 is 0 Å². The Labute approximate surface area is 116 Å². The quantitative estimate of drug-likeness (QED) is 0.939. The van der Waals surface area contributed by atoms with Crippen LogP contribution in [0.4, 0.5) is 4.39 Å². The Morgan fingerprint density at radius 3 is 2.74 bits per heavy atom. The summed E-state index contributed by atoms with van der Waals surface area (Å²) in [5, 5.41) is 9.88. The topological polar surface area (TPSA) is 46.0 Å². The summed E-state index contributed by atoms with van der Waals surface area (Å²) in [7, 11) is 0. The zero-order chi connectivity index (χ0) is 14.0. The zero-order valence-corrected chi connectivity index (χ0v) is 11.4. The average molecular weight is 281 g/mol. The fourth-order valence-corrected chi connectivity index (χ4v) is 2.09. The second-order valence-electron chi connectivity index (χ2n) is 4.42. The number of hydrogen-bond acceptors (Lipinski definition) is 3. The highest BCUT2D eigenvalue weighted by Gasteiger charge is 2.10. The standard InChI is InChI=1S/C14H14ClFN2O/c1-8-12(9(2)19)7-17-14(18-8)5-10-3-4-11(16)6-13(10)15/h3-4,6-7,9,19H,5H2,1-2H3. The first-order valence-electron chi connectivity index (χ1n) is 5.92. The van der Waals surface area contributed by atoms with Crippen molar-refractivity contribution in [1.82, 2.24) is 9.97 Å². The monoisotopic (exact) mass is 280 g/mol. The van der Waals surface area contributed by atoms with Crippen molar-refractivity contribution in [1.29, 1.82) is 0 Å². The molecule has 1 atom stereocenters. The van der Waals surface area contributed by atoms with Crippen molar-refractivity contribution >= 4 is 11.6 Å². The first-order chi connectivity index (χ1) is 8.97. The van der Waals surface area contributed by atoms with Gasteiger partial charge in [-0.2, -0.15) is 0 Å². The van der Waals surface area contributed by atoms with E-state index < -0.39 is 6.10 Å². The Kier molecular flexibility index (Phi) is 4.12. The summed E-state index contributed by atoms with van der Waals surface area (Å²) in [5.41, 5.74) is 2.21. The molecule has 2 rings (SSSR count). The van der Waals surface area contributed by atoms with E-state index in [4.69, 9.17) is 11.6 Å². The fraction of sp³-hybridized carbons (Fsp3) is 0.286. The molecule has 5 heteroatoms. The summed E-state index contributed by atoms with van der Waals surface area (Å²) in [6.45, 7) is 3.49. The van der Waals surface area contributed by atoms with Gasteiger partial charge in [0.15, 0.2) is 0 Å². The molecule has 0 fully saturated rings. The summed E-state index contributed by atoms with van der Waals surface area (Å²) in [6.07, 6.45) is 1.45. The summed E-state index contributed by atoms with van der Waals surface area (Å²) in [6, 6.07) is 4.26. The smallest absolute Gasteiger partial charge is 0.132 e. The molecule has 0 aliphatic carbocycles. The number of aromatic nitrogens is 2. The molecule has 0 aliphatic rings. The number of hydrogen-bond donors (Lipinski definition) is 1. The molecule has 19 heavy (non-hydrogen) atoms. The molecular formula is C14H14ClFN2O. The van der Waals surface area contributed by atoms with Crippen LogP contribution in [0.3, 0.4) is 0 Å². The molecule has 0 radical (unpaired) electrons. The Morgan fingerprint density at radius 2 is 2.16 bits per heavy atom. The Morgan fingerprint density at radius 1 is 1.42 bits per heavy atom. The van der Waals surface area contributed by atoms with Crippen molar-refractivity contribution in [3.05, 3.63) is 57.9 Å². The van der Waals surface area contributed by atoms with Crippen LogP contribution in [-0.4, -0.2) is 15.1 Å². The van der Waals surface area contributed by atoms with Crippen LogP contribution in [0.1, 0.15) is 35.7 Å². The molecular weight excluding hydrogens is 267 g/mol. The van der Waals surface area contributed by atoms with E-state index in [2.05, 4.69) is 9.97 Å². The van der Waals surface area contributed by atoms with E-state index in [0.29, 0.717) is 22.8 Å². The fourth-order valence-electron chi connectivity index (χ4n) is 1.86. The number of halogens is 2. The van der Waals surface area contributed by atoms with Crippen LogP contribution in [0.15, 0.2) is 24.4 Å². The Balaban J connectivity index is 2.26. The molecule has 0 amide bonds. The van der Waals surface area contributed by atoms with Crippen LogP contribution in [-0.2, 0) is 6.42 Å². The third kappa shape index (κ3) is 3.28. The highest BCUT2D eigenvalue weighted by atomic mass is 35.5. The SMILES string of the molecule is Cc1nc(Cc2ccc(F)cc2Cl)ncc1C(C)O. The maximum absolute atomic E-state index is 12.9. The maximum Gasteiger partial charge on any atom is 0.132 e. The van der Waals surface area contributed by atoms with Crippen molar-refractivity contribution < 1.29 is 9.50 Å². The summed E-state index contributed by atoms with van der Waals surface area (Å²) in [4.78, 5) is 8.53. The number of aliphatic hydroxyl groups excluding tert-OH is 1. The highest BCUT2D eigenvalue weighted by Crippen LogP contribution is 2.20. The van der Waals surface area contributed by atoms with Gasteiger partial charge in [0.1, 0.15) is 11.6 Å². The van der Waals surface area contributed by atoms with Crippen LogP contribution in [0, 0.1) is 12.7 Å². The van der Waals surface area contributed by atoms with Crippen molar-refractivity contribution in [2.75, 3.05) is 0 Å². The number of rotatable bonds is 3. The largest absolute Gasteiger partial charge is 0.389 e. The number of benzene rings is 1.